The number of sulfone groups is 1. The maximum Gasteiger partial charge on any atom is 0.322 e. The second-order valence-corrected chi connectivity index (χ2v) is 9.52. The number of hydrogen-bond acceptors (Lipinski definition) is 6. The molecule has 0 aliphatic heterocycles. The van der Waals surface area contributed by atoms with Gasteiger partial charge in [-0.2, -0.15) is 0 Å². The molecule has 3 aromatic rings. The molecule has 28 heavy (non-hydrogen) atoms. The van der Waals surface area contributed by atoms with Gasteiger partial charge in [0, 0.05) is 21.2 Å². The fourth-order valence-corrected chi connectivity index (χ4v) is 3.89. The Morgan fingerprint density at radius 1 is 1.04 bits per heavy atom. The van der Waals surface area contributed by atoms with E-state index in [0.717, 1.165) is 0 Å². The summed E-state index contributed by atoms with van der Waals surface area (Å²) in [6.45, 7) is 3.19. The van der Waals surface area contributed by atoms with E-state index >= 15 is 0 Å². The van der Waals surface area contributed by atoms with Gasteiger partial charge in [0.05, 0.1) is 10.1 Å². The number of aromatic nitrogens is 2. The van der Waals surface area contributed by atoms with Gasteiger partial charge in [-0.25, -0.2) is 8.42 Å². The summed E-state index contributed by atoms with van der Waals surface area (Å²) in [5, 5.41) is 10.3. The number of amides is 1. The smallest absolute Gasteiger partial charge is 0.322 e. The van der Waals surface area contributed by atoms with Crippen LogP contribution in [0.25, 0.3) is 11.5 Å². The van der Waals surface area contributed by atoms with E-state index in [9.17, 15) is 13.2 Å². The van der Waals surface area contributed by atoms with Crippen molar-refractivity contribution in [1.29, 1.82) is 0 Å². The number of halogens is 2. The minimum absolute atomic E-state index is 0.116. The Labute approximate surface area is 171 Å². The van der Waals surface area contributed by atoms with E-state index in [4.69, 9.17) is 27.6 Å². The molecule has 0 saturated heterocycles. The molecular weight excluding hydrogens is 425 g/mol. The lowest BCUT2D eigenvalue weighted by molar-refractivity contribution is 0.102. The van der Waals surface area contributed by atoms with Crippen LogP contribution in [0.4, 0.5) is 6.01 Å². The summed E-state index contributed by atoms with van der Waals surface area (Å²) in [4.78, 5) is 12.5. The van der Waals surface area contributed by atoms with E-state index in [2.05, 4.69) is 15.5 Å². The number of nitrogens with zero attached hydrogens (tertiary/aromatic N) is 2. The fraction of sp³-hybridized carbons (Fsp3) is 0.167. The van der Waals surface area contributed by atoms with Gasteiger partial charge in [-0.3, -0.25) is 10.1 Å². The van der Waals surface area contributed by atoms with Gasteiger partial charge in [0.15, 0.2) is 9.84 Å². The van der Waals surface area contributed by atoms with Crippen LogP contribution in [0.15, 0.2) is 51.8 Å². The van der Waals surface area contributed by atoms with Crippen molar-refractivity contribution in [2.24, 2.45) is 0 Å². The Kier molecular flexibility index (Phi) is 5.74. The number of rotatable bonds is 5. The maximum absolute atomic E-state index is 12.3. The second-order valence-electron chi connectivity index (χ2n) is 6.14. The third-order valence-corrected chi connectivity index (χ3v) is 6.43. The SMILES string of the molecule is CC(C)S(=O)(=O)c1ccc(C(=O)Nc2nnc(-c3cc(Cl)cc(Cl)c3)o2)cc1. The van der Waals surface area contributed by atoms with Gasteiger partial charge in [-0.05, 0) is 56.3 Å². The van der Waals surface area contributed by atoms with E-state index in [0.29, 0.717) is 15.6 Å². The highest BCUT2D eigenvalue weighted by atomic mass is 35.5. The number of carbonyl (C=O) groups excluding carboxylic acids is 1. The summed E-state index contributed by atoms with van der Waals surface area (Å²) in [6, 6.07) is 10.2. The highest BCUT2D eigenvalue weighted by Gasteiger charge is 2.20. The van der Waals surface area contributed by atoms with Crippen molar-refractivity contribution in [2.45, 2.75) is 24.0 Å². The molecule has 0 bridgehead atoms. The van der Waals surface area contributed by atoms with Crippen LogP contribution < -0.4 is 5.32 Å². The first-order valence-electron chi connectivity index (χ1n) is 8.12. The highest BCUT2D eigenvalue weighted by molar-refractivity contribution is 7.92. The van der Waals surface area contributed by atoms with Gasteiger partial charge in [0.25, 0.3) is 5.91 Å². The normalized spacial score (nSPS) is 11.6. The lowest BCUT2D eigenvalue weighted by atomic mass is 10.2. The van der Waals surface area contributed by atoms with E-state index in [-0.39, 0.29) is 22.4 Å². The maximum atomic E-state index is 12.3. The summed E-state index contributed by atoms with van der Waals surface area (Å²) < 4.78 is 29.7. The van der Waals surface area contributed by atoms with Crippen LogP contribution in [-0.4, -0.2) is 29.8 Å². The van der Waals surface area contributed by atoms with Crippen molar-refractivity contribution in [2.75, 3.05) is 5.32 Å². The van der Waals surface area contributed by atoms with Crippen molar-refractivity contribution >= 4 is 45.0 Å². The fourth-order valence-electron chi connectivity index (χ4n) is 2.31. The minimum atomic E-state index is -3.41. The van der Waals surface area contributed by atoms with Crippen molar-refractivity contribution in [1.82, 2.24) is 10.2 Å². The first-order valence-corrected chi connectivity index (χ1v) is 10.4. The Morgan fingerprint density at radius 2 is 1.64 bits per heavy atom. The minimum Gasteiger partial charge on any atom is -0.403 e. The Hall–Kier alpha value is -2.42. The average Bonchev–Trinajstić information content (AvgIpc) is 3.09. The van der Waals surface area contributed by atoms with Gasteiger partial charge < -0.3 is 4.42 Å². The van der Waals surface area contributed by atoms with E-state index in [1.54, 1.807) is 32.0 Å². The number of anilines is 1. The van der Waals surface area contributed by atoms with Crippen LogP contribution in [0.1, 0.15) is 24.2 Å². The second kappa shape index (κ2) is 7.90. The Morgan fingerprint density at radius 3 is 2.21 bits per heavy atom. The molecule has 0 fully saturated rings. The first kappa shape index (κ1) is 20.3. The number of hydrogen-bond donors (Lipinski definition) is 1. The summed E-state index contributed by atoms with van der Waals surface area (Å²) in [6.07, 6.45) is 0. The molecule has 0 aliphatic carbocycles. The summed E-state index contributed by atoms with van der Waals surface area (Å²) >= 11 is 11.9. The zero-order chi connectivity index (χ0) is 20.5. The van der Waals surface area contributed by atoms with E-state index < -0.39 is 21.0 Å². The zero-order valence-corrected chi connectivity index (χ0v) is 17.1. The van der Waals surface area contributed by atoms with Gasteiger partial charge in [0.1, 0.15) is 0 Å². The molecule has 2 aromatic carbocycles. The molecule has 7 nitrogen and oxygen atoms in total. The molecule has 0 aliphatic rings. The lowest BCUT2D eigenvalue weighted by Gasteiger charge is -2.08. The van der Waals surface area contributed by atoms with Crippen molar-refractivity contribution < 1.29 is 17.6 Å². The standard InChI is InChI=1S/C18H15Cl2N3O4S/c1-10(2)28(25,26)15-5-3-11(4-6-15)16(24)21-18-23-22-17(27-18)12-7-13(19)9-14(20)8-12/h3-10H,1-2H3,(H,21,23,24). The van der Waals surface area contributed by atoms with Crippen molar-refractivity contribution in [3.8, 4) is 11.5 Å². The van der Waals surface area contributed by atoms with Crippen LogP contribution in [0.5, 0.6) is 0 Å². The molecule has 1 amide bonds. The topological polar surface area (TPSA) is 102 Å². The summed E-state index contributed by atoms with van der Waals surface area (Å²) in [5.41, 5.74) is 0.752. The molecule has 0 saturated carbocycles. The van der Waals surface area contributed by atoms with Crippen molar-refractivity contribution in [3.05, 3.63) is 58.1 Å². The molecule has 0 spiro atoms. The van der Waals surface area contributed by atoms with Gasteiger partial charge >= 0.3 is 6.01 Å². The number of nitrogens with one attached hydrogen (secondary N) is 1. The van der Waals surface area contributed by atoms with E-state index in [1.165, 1.54) is 24.3 Å². The molecule has 1 heterocycles. The number of benzene rings is 2. The molecule has 1 N–H and O–H groups in total. The van der Waals surface area contributed by atoms with Gasteiger partial charge in [-0.15, -0.1) is 5.10 Å². The molecule has 0 radical (unpaired) electrons. The Balaban J connectivity index is 1.76. The molecule has 0 atom stereocenters. The molecule has 146 valence electrons. The largest absolute Gasteiger partial charge is 0.403 e. The molecular formula is C18H15Cl2N3O4S. The van der Waals surface area contributed by atoms with E-state index in [1.807, 2.05) is 0 Å². The third-order valence-electron chi connectivity index (χ3n) is 3.82. The molecule has 10 heteroatoms. The van der Waals surface area contributed by atoms with Gasteiger partial charge in [-0.1, -0.05) is 28.3 Å². The lowest BCUT2D eigenvalue weighted by Crippen LogP contribution is -2.15. The number of carbonyl (C=O) groups is 1. The summed E-state index contributed by atoms with van der Waals surface area (Å²) in [5.74, 6) is -0.383. The van der Waals surface area contributed by atoms with Crippen LogP contribution >= 0.6 is 23.2 Å². The van der Waals surface area contributed by atoms with Crippen LogP contribution in [0, 0.1) is 0 Å². The molecule has 1 aromatic heterocycles. The van der Waals surface area contributed by atoms with Crippen LogP contribution in [0.3, 0.4) is 0 Å². The third kappa shape index (κ3) is 4.35. The Bertz CT molecular complexity index is 1110. The average molecular weight is 440 g/mol. The van der Waals surface area contributed by atoms with Crippen LogP contribution in [0.2, 0.25) is 10.0 Å². The van der Waals surface area contributed by atoms with Gasteiger partial charge in [0.2, 0.25) is 5.89 Å². The molecule has 0 unspecified atom stereocenters. The van der Waals surface area contributed by atoms with Crippen molar-refractivity contribution in [3.63, 3.8) is 0 Å². The predicted molar refractivity (Wildman–Crippen MR) is 106 cm³/mol. The highest BCUT2D eigenvalue weighted by Crippen LogP contribution is 2.27. The molecule has 3 rings (SSSR count). The quantitative estimate of drug-likeness (QED) is 0.628. The summed E-state index contributed by atoms with van der Waals surface area (Å²) in [7, 11) is -3.41. The zero-order valence-electron chi connectivity index (χ0n) is 14.8. The predicted octanol–water partition coefficient (Wildman–Crippen LogP) is 4.48. The van der Waals surface area contributed by atoms with Crippen LogP contribution in [-0.2, 0) is 9.84 Å². The first-order chi connectivity index (χ1) is 13.2. The monoisotopic (exact) mass is 439 g/mol.